The second kappa shape index (κ2) is 6.22. The summed E-state index contributed by atoms with van der Waals surface area (Å²) in [4.78, 5) is 16.4. The van der Waals surface area contributed by atoms with Crippen molar-refractivity contribution >= 4 is 16.8 Å². The van der Waals surface area contributed by atoms with Crippen molar-refractivity contribution in [3.05, 3.63) is 30.0 Å². The predicted molar refractivity (Wildman–Crippen MR) is 84.3 cm³/mol. The molecule has 0 bridgehead atoms. The number of aromatic nitrogens is 1. The Labute approximate surface area is 129 Å². The van der Waals surface area contributed by atoms with Gasteiger partial charge >= 0.3 is 0 Å². The molecule has 0 aliphatic heterocycles. The van der Waals surface area contributed by atoms with E-state index in [0.717, 1.165) is 35.2 Å². The first-order chi connectivity index (χ1) is 10.7. The Balaban J connectivity index is 1.77. The van der Waals surface area contributed by atoms with Crippen molar-refractivity contribution in [3.8, 4) is 11.5 Å². The van der Waals surface area contributed by atoms with Crippen molar-refractivity contribution < 1.29 is 14.3 Å². The first-order valence-corrected chi connectivity index (χ1v) is 7.53. The van der Waals surface area contributed by atoms with Gasteiger partial charge in [0.15, 0.2) is 6.61 Å². The van der Waals surface area contributed by atoms with Crippen molar-refractivity contribution in [3.63, 3.8) is 0 Å². The third kappa shape index (κ3) is 3.13. The maximum absolute atomic E-state index is 11.9. The van der Waals surface area contributed by atoms with Crippen molar-refractivity contribution in [2.24, 2.45) is 0 Å². The number of nitrogens with zero attached hydrogens (tertiary/aromatic N) is 1. The van der Waals surface area contributed by atoms with Gasteiger partial charge in [0, 0.05) is 23.2 Å². The zero-order chi connectivity index (χ0) is 15.5. The zero-order valence-corrected chi connectivity index (χ0v) is 12.9. The Morgan fingerprint density at radius 3 is 2.86 bits per heavy atom. The number of benzene rings is 1. The van der Waals surface area contributed by atoms with Gasteiger partial charge in [-0.3, -0.25) is 9.78 Å². The number of ether oxygens (including phenoxy) is 2. The molecule has 5 heteroatoms. The summed E-state index contributed by atoms with van der Waals surface area (Å²) in [5.41, 5.74) is 1.68. The molecule has 1 amide bonds. The number of hydrogen-bond acceptors (Lipinski definition) is 4. The molecule has 0 radical (unpaired) electrons. The van der Waals surface area contributed by atoms with Crippen LogP contribution in [0, 0.1) is 6.92 Å². The second-order valence-corrected chi connectivity index (χ2v) is 5.63. The fourth-order valence-electron chi connectivity index (χ4n) is 2.51. The summed E-state index contributed by atoms with van der Waals surface area (Å²) < 4.78 is 11.0. The Kier molecular flexibility index (Phi) is 4.13. The number of amides is 1. The van der Waals surface area contributed by atoms with Gasteiger partial charge in [-0.25, -0.2) is 0 Å². The molecule has 0 saturated heterocycles. The number of pyridine rings is 1. The molecule has 3 rings (SSSR count). The van der Waals surface area contributed by atoms with E-state index in [0.29, 0.717) is 11.8 Å². The number of fused-ring (bicyclic) bond motifs is 1. The molecule has 1 aromatic heterocycles. The highest BCUT2D eigenvalue weighted by atomic mass is 16.5. The first-order valence-electron chi connectivity index (χ1n) is 7.53. The Morgan fingerprint density at radius 1 is 1.36 bits per heavy atom. The number of nitrogens with one attached hydrogen (secondary N) is 1. The van der Waals surface area contributed by atoms with Gasteiger partial charge in [-0.2, -0.15) is 0 Å². The number of aryl methyl sites for hydroxylation is 1. The van der Waals surface area contributed by atoms with Crippen LogP contribution >= 0.6 is 0 Å². The third-order valence-electron chi connectivity index (χ3n) is 3.94. The molecule has 0 spiro atoms. The van der Waals surface area contributed by atoms with E-state index in [9.17, 15) is 4.79 Å². The lowest BCUT2D eigenvalue weighted by molar-refractivity contribution is -0.124. The lowest BCUT2D eigenvalue weighted by atomic mass is 9.93. The molecule has 116 valence electrons. The summed E-state index contributed by atoms with van der Waals surface area (Å²) in [5.74, 6) is 1.32. The van der Waals surface area contributed by atoms with Crippen LogP contribution in [0.2, 0.25) is 0 Å². The largest absolute Gasteiger partial charge is 0.497 e. The molecule has 2 aromatic rings. The normalized spacial score (nSPS) is 14.5. The number of methoxy groups -OCH3 is 1. The molecule has 1 saturated carbocycles. The van der Waals surface area contributed by atoms with E-state index in [1.807, 2.05) is 31.2 Å². The van der Waals surface area contributed by atoms with Gasteiger partial charge in [0.2, 0.25) is 0 Å². The average Bonchev–Trinajstić information content (AvgIpc) is 2.48. The van der Waals surface area contributed by atoms with Crippen molar-refractivity contribution in [2.45, 2.75) is 32.2 Å². The van der Waals surface area contributed by atoms with Crippen LogP contribution in [0.3, 0.4) is 0 Å². The molecule has 1 aromatic carbocycles. The average molecular weight is 300 g/mol. The third-order valence-corrected chi connectivity index (χ3v) is 3.94. The number of carbonyl (C=O) groups excluding carboxylic acids is 1. The standard InChI is InChI=1S/C17H20N2O3/c1-11-8-16(22-10-17(20)19-12-4-3-5-12)14-9-13(21-2)6-7-15(14)18-11/h6-9,12H,3-5,10H2,1-2H3,(H,19,20). The molecule has 5 nitrogen and oxygen atoms in total. The van der Waals surface area contributed by atoms with E-state index in [-0.39, 0.29) is 12.5 Å². The summed E-state index contributed by atoms with van der Waals surface area (Å²) in [6, 6.07) is 7.80. The molecular formula is C17H20N2O3. The number of rotatable bonds is 5. The maximum Gasteiger partial charge on any atom is 0.258 e. The minimum atomic E-state index is -0.0739. The summed E-state index contributed by atoms with van der Waals surface area (Å²) in [5, 5.41) is 3.82. The summed E-state index contributed by atoms with van der Waals surface area (Å²) in [6.07, 6.45) is 3.33. The van der Waals surface area contributed by atoms with E-state index < -0.39 is 0 Å². The van der Waals surface area contributed by atoms with Crippen LogP contribution in [0.5, 0.6) is 11.5 Å². The monoisotopic (exact) mass is 300 g/mol. The van der Waals surface area contributed by atoms with Gasteiger partial charge in [0.25, 0.3) is 5.91 Å². The predicted octanol–water partition coefficient (Wildman–Crippen LogP) is 2.60. The molecule has 22 heavy (non-hydrogen) atoms. The molecule has 1 aliphatic rings. The molecule has 1 N–H and O–H groups in total. The van der Waals surface area contributed by atoms with Crippen molar-refractivity contribution in [1.29, 1.82) is 0 Å². The van der Waals surface area contributed by atoms with E-state index in [2.05, 4.69) is 10.3 Å². The number of carbonyl (C=O) groups is 1. The molecule has 1 heterocycles. The summed E-state index contributed by atoms with van der Waals surface area (Å²) in [7, 11) is 1.62. The van der Waals surface area contributed by atoms with Crippen LogP contribution in [0.4, 0.5) is 0 Å². The smallest absolute Gasteiger partial charge is 0.258 e. The van der Waals surface area contributed by atoms with Crippen molar-refractivity contribution in [1.82, 2.24) is 10.3 Å². The summed E-state index contributed by atoms with van der Waals surface area (Å²) in [6.45, 7) is 1.93. The van der Waals surface area contributed by atoms with E-state index in [1.54, 1.807) is 7.11 Å². The van der Waals surface area contributed by atoms with Gasteiger partial charge in [-0.1, -0.05) is 0 Å². The molecule has 0 unspecified atom stereocenters. The van der Waals surface area contributed by atoms with Gasteiger partial charge in [0.1, 0.15) is 11.5 Å². The fourth-order valence-corrected chi connectivity index (χ4v) is 2.51. The van der Waals surface area contributed by atoms with Crippen LogP contribution in [-0.4, -0.2) is 30.6 Å². The van der Waals surface area contributed by atoms with E-state index >= 15 is 0 Å². The van der Waals surface area contributed by atoms with Gasteiger partial charge < -0.3 is 14.8 Å². The molecule has 0 atom stereocenters. The van der Waals surface area contributed by atoms with Crippen molar-refractivity contribution in [2.75, 3.05) is 13.7 Å². The molecular weight excluding hydrogens is 280 g/mol. The van der Waals surface area contributed by atoms with Crippen LogP contribution in [0.1, 0.15) is 25.0 Å². The Hall–Kier alpha value is -2.30. The highest BCUT2D eigenvalue weighted by Crippen LogP contribution is 2.29. The topological polar surface area (TPSA) is 60.5 Å². The molecule has 1 fully saturated rings. The minimum Gasteiger partial charge on any atom is -0.497 e. The lowest BCUT2D eigenvalue weighted by Gasteiger charge is -2.26. The Bertz CT molecular complexity index is 696. The SMILES string of the molecule is COc1ccc2nc(C)cc(OCC(=O)NC3CCC3)c2c1. The minimum absolute atomic E-state index is 0.0201. The van der Waals surface area contributed by atoms with Gasteiger partial charge in [-0.15, -0.1) is 0 Å². The van der Waals surface area contributed by atoms with Gasteiger partial charge in [0.05, 0.1) is 12.6 Å². The molecule has 1 aliphatic carbocycles. The fraction of sp³-hybridized carbons (Fsp3) is 0.412. The summed E-state index contributed by atoms with van der Waals surface area (Å²) >= 11 is 0. The Morgan fingerprint density at radius 2 is 2.18 bits per heavy atom. The van der Waals surface area contributed by atoms with Crippen LogP contribution in [-0.2, 0) is 4.79 Å². The lowest BCUT2D eigenvalue weighted by Crippen LogP contribution is -2.41. The highest BCUT2D eigenvalue weighted by Gasteiger charge is 2.19. The van der Waals surface area contributed by atoms with Crippen LogP contribution < -0.4 is 14.8 Å². The van der Waals surface area contributed by atoms with Gasteiger partial charge in [-0.05, 0) is 44.4 Å². The second-order valence-electron chi connectivity index (χ2n) is 5.63. The maximum atomic E-state index is 11.9. The first kappa shape index (κ1) is 14.6. The van der Waals surface area contributed by atoms with E-state index in [1.165, 1.54) is 6.42 Å². The number of hydrogen-bond donors (Lipinski definition) is 1. The van der Waals surface area contributed by atoms with Crippen LogP contribution in [0.15, 0.2) is 24.3 Å². The highest BCUT2D eigenvalue weighted by molar-refractivity contribution is 5.87. The van der Waals surface area contributed by atoms with Crippen LogP contribution in [0.25, 0.3) is 10.9 Å². The zero-order valence-electron chi connectivity index (χ0n) is 12.9. The van der Waals surface area contributed by atoms with E-state index in [4.69, 9.17) is 9.47 Å². The quantitative estimate of drug-likeness (QED) is 0.922.